The Labute approximate surface area is 183 Å². The number of esters is 1. The largest absolute Gasteiger partial charge is 0.496 e. The molecule has 1 amide bonds. The van der Waals surface area contributed by atoms with E-state index in [-0.39, 0.29) is 0 Å². The van der Waals surface area contributed by atoms with Gasteiger partial charge in [0.1, 0.15) is 29.2 Å². The van der Waals surface area contributed by atoms with E-state index in [1.165, 1.54) is 6.92 Å². The Morgan fingerprint density at radius 1 is 0.935 bits per heavy atom. The molecule has 3 atom stereocenters. The number of benzene rings is 2. The Balaban J connectivity index is 2.16. The summed E-state index contributed by atoms with van der Waals surface area (Å²) in [5.74, 6) is 0.641. The summed E-state index contributed by atoms with van der Waals surface area (Å²) in [5.41, 5.74) is 0.0707. The van der Waals surface area contributed by atoms with E-state index in [4.69, 9.17) is 18.9 Å². The molecule has 0 aliphatic heterocycles. The van der Waals surface area contributed by atoms with Crippen LogP contribution < -0.4 is 14.8 Å². The number of nitrogens with one attached hydrogen (secondary N) is 1. The summed E-state index contributed by atoms with van der Waals surface area (Å²) in [6.07, 6.45) is -1.99. The third-order valence-electron chi connectivity index (χ3n) is 4.27. The van der Waals surface area contributed by atoms with Gasteiger partial charge in [0.25, 0.3) is 0 Å². The van der Waals surface area contributed by atoms with Crippen LogP contribution in [0.25, 0.3) is 0 Å². The number of ether oxygens (including phenoxy) is 4. The van der Waals surface area contributed by atoms with Gasteiger partial charge < -0.3 is 24.3 Å². The van der Waals surface area contributed by atoms with E-state index in [2.05, 4.69) is 5.32 Å². The molecule has 0 fully saturated rings. The van der Waals surface area contributed by atoms with Crippen LogP contribution in [0, 0.1) is 0 Å². The average molecular weight is 430 g/mol. The molecular formula is C24H31NO6. The highest BCUT2D eigenvalue weighted by atomic mass is 16.6. The number of carbonyl (C=O) groups is 2. The summed E-state index contributed by atoms with van der Waals surface area (Å²) in [5, 5.41) is 2.49. The Morgan fingerprint density at radius 3 is 2.16 bits per heavy atom. The van der Waals surface area contributed by atoms with Gasteiger partial charge in [-0.3, -0.25) is 0 Å². The SMILES string of the molecule is COc1ccccc1[C@@H](Oc1ccccc1)[C@H](C)OC(=O)[C@H](C)NC(=O)OC(C)(C)C. The molecule has 0 bridgehead atoms. The van der Waals surface area contributed by atoms with Gasteiger partial charge in [-0.05, 0) is 52.8 Å². The third kappa shape index (κ3) is 7.51. The smallest absolute Gasteiger partial charge is 0.408 e. The number of para-hydroxylation sites is 2. The number of alkyl carbamates (subject to hydrolysis) is 1. The first-order valence-electron chi connectivity index (χ1n) is 10.2. The molecule has 7 heteroatoms. The summed E-state index contributed by atoms with van der Waals surface area (Å²) in [6.45, 7) is 8.51. The molecule has 0 spiro atoms. The van der Waals surface area contributed by atoms with Gasteiger partial charge in [-0.1, -0.05) is 36.4 Å². The second-order valence-electron chi connectivity index (χ2n) is 8.10. The molecule has 2 aromatic rings. The van der Waals surface area contributed by atoms with Gasteiger partial charge in [0.15, 0.2) is 6.10 Å². The molecule has 0 heterocycles. The lowest BCUT2D eigenvalue weighted by molar-refractivity contribution is -0.155. The van der Waals surface area contributed by atoms with Crippen LogP contribution in [0.2, 0.25) is 0 Å². The van der Waals surface area contributed by atoms with Crippen LogP contribution >= 0.6 is 0 Å². The van der Waals surface area contributed by atoms with Crippen molar-refractivity contribution < 1.29 is 28.5 Å². The van der Waals surface area contributed by atoms with Crippen LogP contribution in [0.15, 0.2) is 54.6 Å². The van der Waals surface area contributed by atoms with Gasteiger partial charge in [0.05, 0.1) is 7.11 Å². The topological polar surface area (TPSA) is 83.1 Å². The number of amides is 1. The first kappa shape index (κ1) is 24.1. The zero-order valence-corrected chi connectivity index (χ0v) is 18.9. The van der Waals surface area contributed by atoms with Gasteiger partial charge in [-0.2, -0.15) is 0 Å². The second-order valence-corrected chi connectivity index (χ2v) is 8.10. The van der Waals surface area contributed by atoms with E-state index in [9.17, 15) is 9.59 Å². The molecule has 168 valence electrons. The minimum atomic E-state index is -0.896. The Bertz CT molecular complexity index is 862. The lowest BCUT2D eigenvalue weighted by atomic mass is 10.0. The molecule has 0 unspecified atom stereocenters. The van der Waals surface area contributed by atoms with E-state index < -0.39 is 35.9 Å². The molecule has 0 saturated carbocycles. The molecular weight excluding hydrogens is 398 g/mol. The number of hydrogen-bond acceptors (Lipinski definition) is 6. The monoisotopic (exact) mass is 429 g/mol. The molecule has 1 N–H and O–H groups in total. The molecule has 2 aromatic carbocycles. The number of rotatable bonds is 8. The fourth-order valence-corrected chi connectivity index (χ4v) is 2.85. The third-order valence-corrected chi connectivity index (χ3v) is 4.27. The van der Waals surface area contributed by atoms with Crippen molar-refractivity contribution in [1.82, 2.24) is 5.32 Å². The van der Waals surface area contributed by atoms with Crippen molar-refractivity contribution in [3.05, 3.63) is 60.2 Å². The van der Waals surface area contributed by atoms with Gasteiger partial charge >= 0.3 is 12.1 Å². The van der Waals surface area contributed by atoms with Crippen molar-refractivity contribution >= 4 is 12.1 Å². The average Bonchev–Trinajstić information content (AvgIpc) is 2.71. The molecule has 0 saturated heterocycles. The standard InChI is InChI=1S/C24H31NO6/c1-16(25-23(27)31-24(3,4)5)22(26)29-17(2)21(30-18-12-8-7-9-13-18)19-14-10-11-15-20(19)28-6/h7-17,21H,1-6H3,(H,25,27)/t16-,17-,21-/m0/s1. The highest BCUT2D eigenvalue weighted by Crippen LogP contribution is 2.32. The van der Waals surface area contributed by atoms with Crippen molar-refractivity contribution in [3.8, 4) is 11.5 Å². The summed E-state index contributed by atoms with van der Waals surface area (Å²) in [4.78, 5) is 24.6. The van der Waals surface area contributed by atoms with Crippen LogP contribution in [-0.2, 0) is 14.3 Å². The number of hydrogen-bond donors (Lipinski definition) is 1. The summed E-state index contributed by atoms with van der Waals surface area (Å²) >= 11 is 0. The molecule has 0 radical (unpaired) electrons. The quantitative estimate of drug-likeness (QED) is 0.615. The Kier molecular flexibility index (Phi) is 8.30. The van der Waals surface area contributed by atoms with Crippen molar-refractivity contribution in [2.75, 3.05) is 7.11 Å². The zero-order valence-electron chi connectivity index (χ0n) is 18.9. The summed E-state index contributed by atoms with van der Waals surface area (Å²) in [6, 6.07) is 15.7. The fraction of sp³-hybridized carbons (Fsp3) is 0.417. The molecule has 0 aliphatic rings. The first-order valence-corrected chi connectivity index (χ1v) is 10.2. The maximum Gasteiger partial charge on any atom is 0.408 e. The molecule has 31 heavy (non-hydrogen) atoms. The van der Waals surface area contributed by atoms with Crippen molar-refractivity contribution in [2.24, 2.45) is 0 Å². The lowest BCUT2D eigenvalue weighted by Crippen LogP contribution is -2.43. The van der Waals surface area contributed by atoms with Crippen molar-refractivity contribution in [2.45, 2.75) is 58.5 Å². The maximum absolute atomic E-state index is 12.6. The molecule has 2 rings (SSSR count). The fourth-order valence-electron chi connectivity index (χ4n) is 2.85. The summed E-state index contributed by atoms with van der Waals surface area (Å²) < 4.78 is 22.5. The zero-order chi connectivity index (χ0) is 23.0. The predicted octanol–water partition coefficient (Wildman–Crippen LogP) is 4.66. The number of carbonyl (C=O) groups excluding carboxylic acids is 2. The van der Waals surface area contributed by atoms with E-state index in [0.29, 0.717) is 11.5 Å². The first-order chi connectivity index (χ1) is 14.6. The van der Waals surface area contributed by atoms with E-state index in [0.717, 1.165) is 5.56 Å². The lowest BCUT2D eigenvalue weighted by Gasteiger charge is -2.28. The van der Waals surface area contributed by atoms with Crippen molar-refractivity contribution in [3.63, 3.8) is 0 Å². The molecule has 0 aliphatic carbocycles. The Morgan fingerprint density at radius 2 is 1.55 bits per heavy atom. The predicted molar refractivity (Wildman–Crippen MR) is 117 cm³/mol. The van der Waals surface area contributed by atoms with E-state index >= 15 is 0 Å². The van der Waals surface area contributed by atoms with E-state index in [1.54, 1.807) is 34.8 Å². The van der Waals surface area contributed by atoms with Crippen LogP contribution in [0.1, 0.15) is 46.3 Å². The van der Waals surface area contributed by atoms with Crippen molar-refractivity contribution in [1.29, 1.82) is 0 Å². The van der Waals surface area contributed by atoms with Gasteiger partial charge in [-0.15, -0.1) is 0 Å². The highest BCUT2D eigenvalue weighted by molar-refractivity contribution is 5.81. The molecule has 0 aromatic heterocycles. The summed E-state index contributed by atoms with van der Waals surface area (Å²) in [7, 11) is 1.57. The Hall–Kier alpha value is -3.22. The number of methoxy groups -OCH3 is 1. The van der Waals surface area contributed by atoms with Crippen LogP contribution in [-0.4, -0.2) is 36.9 Å². The maximum atomic E-state index is 12.6. The van der Waals surface area contributed by atoms with Gasteiger partial charge in [-0.25, -0.2) is 9.59 Å². The normalized spacial score (nSPS) is 14.0. The molecule has 7 nitrogen and oxygen atoms in total. The van der Waals surface area contributed by atoms with Crippen LogP contribution in [0.4, 0.5) is 4.79 Å². The van der Waals surface area contributed by atoms with Crippen LogP contribution in [0.5, 0.6) is 11.5 Å². The highest BCUT2D eigenvalue weighted by Gasteiger charge is 2.30. The minimum absolute atomic E-state index is 0.602. The van der Waals surface area contributed by atoms with Gasteiger partial charge in [0, 0.05) is 5.56 Å². The van der Waals surface area contributed by atoms with Crippen LogP contribution in [0.3, 0.4) is 0 Å². The van der Waals surface area contributed by atoms with Gasteiger partial charge in [0.2, 0.25) is 0 Å². The van der Waals surface area contributed by atoms with E-state index in [1.807, 2.05) is 54.6 Å². The minimum Gasteiger partial charge on any atom is -0.496 e. The second kappa shape index (κ2) is 10.7.